The molecule has 1 saturated heterocycles. The van der Waals surface area contributed by atoms with Crippen molar-refractivity contribution in [3.63, 3.8) is 0 Å². The molecule has 1 aliphatic rings. The highest BCUT2D eigenvalue weighted by molar-refractivity contribution is 5.53. The van der Waals surface area contributed by atoms with Gasteiger partial charge in [0.2, 0.25) is 0 Å². The summed E-state index contributed by atoms with van der Waals surface area (Å²) >= 11 is 0. The van der Waals surface area contributed by atoms with Crippen LogP contribution in [0.4, 0.5) is 0 Å². The molecule has 0 aromatic heterocycles. The molecular weight excluding hydrogens is 136 g/mol. The van der Waals surface area contributed by atoms with Crippen LogP contribution in [0.15, 0.2) is 4.99 Å². The van der Waals surface area contributed by atoms with Gasteiger partial charge in [0.1, 0.15) is 0 Å². The molecule has 0 atom stereocenters. The zero-order chi connectivity index (χ0) is 8.10. The lowest BCUT2D eigenvalue weighted by Gasteiger charge is -2.27. The molecule has 0 saturated carbocycles. The van der Waals surface area contributed by atoms with Crippen LogP contribution in [-0.4, -0.2) is 37.8 Å². The Balaban J connectivity index is 2.17. The smallest absolute Gasteiger partial charge is 0.0414 e. The maximum Gasteiger partial charge on any atom is 0.0414 e. The third-order valence-electron chi connectivity index (χ3n) is 2.38. The fraction of sp³-hybridized carbons (Fsp3) is 0.889. The van der Waals surface area contributed by atoms with Gasteiger partial charge in [0.05, 0.1) is 0 Å². The molecule has 0 bridgehead atoms. The third-order valence-corrected chi connectivity index (χ3v) is 2.38. The predicted octanol–water partition coefficient (Wildman–Crippen LogP) is 1.42. The lowest BCUT2D eigenvalue weighted by Crippen LogP contribution is -2.31. The Labute approximate surface area is 69.3 Å². The van der Waals surface area contributed by atoms with Gasteiger partial charge < -0.3 is 4.90 Å². The van der Waals surface area contributed by atoms with Gasteiger partial charge in [-0.1, -0.05) is 0 Å². The van der Waals surface area contributed by atoms with Gasteiger partial charge in [0.25, 0.3) is 0 Å². The predicted molar refractivity (Wildman–Crippen MR) is 49.3 cm³/mol. The molecule has 64 valence electrons. The lowest BCUT2D eigenvalue weighted by atomic mass is 9.97. The van der Waals surface area contributed by atoms with E-state index in [0.29, 0.717) is 0 Å². The highest BCUT2D eigenvalue weighted by Gasteiger charge is 2.15. The van der Waals surface area contributed by atoms with Gasteiger partial charge in [-0.2, -0.15) is 0 Å². The van der Waals surface area contributed by atoms with E-state index in [2.05, 4.69) is 16.9 Å². The average Bonchev–Trinajstić information content (AvgIpc) is 2.04. The van der Waals surface area contributed by atoms with Gasteiger partial charge in [0.15, 0.2) is 0 Å². The summed E-state index contributed by atoms with van der Waals surface area (Å²) in [6.07, 6.45) is 4.57. The van der Waals surface area contributed by atoms with Gasteiger partial charge in [-0.25, -0.2) is 0 Å². The molecule has 11 heavy (non-hydrogen) atoms. The summed E-state index contributed by atoms with van der Waals surface area (Å²) in [7, 11) is 2.19. The standard InChI is InChI=1S/C9H18N2/c1-3-10-8-9-4-6-11(2)7-5-9/h3,9H,4-8H2,1-2H3. The fourth-order valence-electron chi connectivity index (χ4n) is 1.50. The lowest BCUT2D eigenvalue weighted by molar-refractivity contribution is 0.224. The molecule has 1 aliphatic heterocycles. The monoisotopic (exact) mass is 154 g/mol. The first kappa shape index (κ1) is 8.72. The van der Waals surface area contributed by atoms with E-state index in [9.17, 15) is 0 Å². The quantitative estimate of drug-likeness (QED) is 0.549. The van der Waals surface area contributed by atoms with Gasteiger partial charge in [0, 0.05) is 6.54 Å². The summed E-state index contributed by atoms with van der Waals surface area (Å²) in [4.78, 5) is 6.67. The number of rotatable bonds is 2. The van der Waals surface area contributed by atoms with Gasteiger partial charge in [-0.05, 0) is 52.0 Å². The first-order valence-corrected chi connectivity index (χ1v) is 4.46. The van der Waals surface area contributed by atoms with Crippen LogP contribution >= 0.6 is 0 Å². The van der Waals surface area contributed by atoms with Crippen molar-refractivity contribution in [3.05, 3.63) is 0 Å². The van der Waals surface area contributed by atoms with Crippen LogP contribution in [0, 0.1) is 5.92 Å². The Bertz CT molecular complexity index is 124. The Hall–Kier alpha value is -0.370. The molecule has 2 heteroatoms. The van der Waals surface area contributed by atoms with Crippen molar-refractivity contribution in [2.75, 3.05) is 26.7 Å². The van der Waals surface area contributed by atoms with Crippen molar-refractivity contribution < 1.29 is 0 Å². The van der Waals surface area contributed by atoms with Crippen molar-refractivity contribution >= 4 is 6.21 Å². The van der Waals surface area contributed by atoms with Crippen LogP contribution < -0.4 is 0 Å². The van der Waals surface area contributed by atoms with Crippen LogP contribution in [0.2, 0.25) is 0 Å². The molecule has 1 heterocycles. The summed E-state index contributed by atoms with van der Waals surface area (Å²) in [5.74, 6) is 0.849. The first-order valence-electron chi connectivity index (χ1n) is 4.46. The van der Waals surface area contributed by atoms with Gasteiger partial charge in [-0.15, -0.1) is 0 Å². The number of hydrogen-bond acceptors (Lipinski definition) is 2. The third kappa shape index (κ3) is 3.02. The minimum absolute atomic E-state index is 0.849. The van der Waals surface area contributed by atoms with E-state index >= 15 is 0 Å². The zero-order valence-electron chi connectivity index (χ0n) is 7.58. The number of aliphatic imine (C=N–C) groups is 1. The van der Waals surface area contributed by atoms with Crippen LogP contribution in [0.1, 0.15) is 19.8 Å². The summed E-state index contributed by atoms with van der Waals surface area (Å²) in [6, 6.07) is 0. The number of hydrogen-bond donors (Lipinski definition) is 0. The van der Waals surface area contributed by atoms with E-state index in [4.69, 9.17) is 0 Å². The first-order chi connectivity index (χ1) is 5.33. The van der Waals surface area contributed by atoms with E-state index in [1.54, 1.807) is 0 Å². The van der Waals surface area contributed by atoms with Gasteiger partial charge >= 0.3 is 0 Å². The topological polar surface area (TPSA) is 15.6 Å². The maximum absolute atomic E-state index is 4.28. The molecule has 0 aromatic rings. The summed E-state index contributed by atoms with van der Waals surface area (Å²) in [6.45, 7) is 5.55. The number of likely N-dealkylation sites (tertiary alicyclic amines) is 1. The molecule has 2 nitrogen and oxygen atoms in total. The summed E-state index contributed by atoms with van der Waals surface area (Å²) in [5, 5.41) is 0. The zero-order valence-corrected chi connectivity index (χ0v) is 7.58. The number of nitrogens with zero attached hydrogens (tertiary/aromatic N) is 2. The fourth-order valence-corrected chi connectivity index (χ4v) is 1.50. The Morgan fingerprint density at radius 2 is 2.09 bits per heavy atom. The molecular formula is C9H18N2. The molecule has 0 amide bonds. The van der Waals surface area contributed by atoms with Crippen molar-refractivity contribution in [1.29, 1.82) is 0 Å². The van der Waals surface area contributed by atoms with E-state index in [1.807, 2.05) is 13.1 Å². The molecule has 1 rings (SSSR count). The molecule has 0 spiro atoms. The second-order valence-corrected chi connectivity index (χ2v) is 3.37. The number of piperidine rings is 1. The summed E-state index contributed by atoms with van der Waals surface area (Å²) < 4.78 is 0. The molecule has 0 N–H and O–H groups in total. The molecule has 0 radical (unpaired) electrons. The van der Waals surface area contributed by atoms with Crippen molar-refractivity contribution in [2.45, 2.75) is 19.8 Å². The Morgan fingerprint density at radius 1 is 1.45 bits per heavy atom. The van der Waals surface area contributed by atoms with E-state index < -0.39 is 0 Å². The van der Waals surface area contributed by atoms with E-state index in [0.717, 1.165) is 12.5 Å². The Kier molecular flexibility index (Phi) is 3.57. The molecule has 0 unspecified atom stereocenters. The van der Waals surface area contributed by atoms with E-state index in [1.165, 1.54) is 25.9 Å². The Morgan fingerprint density at radius 3 is 2.64 bits per heavy atom. The average molecular weight is 154 g/mol. The van der Waals surface area contributed by atoms with Crippen LogP contribution in [0.25, 0.3) is 0 Å². The molecule has 0 aromatic carbocycles. The highest BCUT2D eigenvalue weighted by Crippen LogP contribution is 2.15. The van der Waals surface area contributed by atoms with Crippen molar-refractivity contribution in [1.82, 2.24) is 4.90 Å². The second-order valence-electron chi connectivity index (χ2n) is 3.37. The molecule has 0 aliphatic carbocycles. The van der Waals surface area contributed by atoms with Crippen molar-refractivity contribution in [3.8, 4) is 0 Å². The normalized spacial score (nSPS) is 23.1. The SMILES string of the molecule is CC=NCC1CCN(C)CC1. The van der Waals surface area contributed by atoms with Gasteiger partial charge in [-0.3, -0.25) is 4.99 Å². The molecule has 1 fully saturated rings. The largest absolute Gasteiger partial charge is 0.306 e. The second kappa shape index (κ2) is 4.50. The van der Waals surface area contributed by atoms with Crippen LogP contribution in [0.3, 0.4) is 0 Å². The highest BCUT2D eigenvalue weighted by atomic mass is 15.1. The maximum atomic E-state index is 4.28. The van der Waals surface area contributed by atoms with Crippen molar-refractivity contribution in [2.24, 2.45) is 10.9 Å². The van der Waals surface area contributed by atoms with E-state index in [-0.39, 0.29) is 0 Å². The minimum atomic E-state index is 0.849. The summed E-state index contributed by atoms with van der Waals surface area (Å²) in [5.41, 5.74) is 0. The van der Waals surface area contributed by atoms with Crippen LogP contribution in [0.5, 0.6) is 0 Å². The minimum Gasteiger partial charge on any atom is -0.306 e. The van der Waals surface area contributed by atoms with Crippen LogP contribution in [-0.2, 0) is 0 Å².